The van der Waals surface area contributed by atoms with Crippen LogP contribution in [0.5, 0.6) is 0 Å². The Hall–Kier alpha value is -1.19. The van der Waals surface area contributed by atoms with Crippen LogP contribution in [0.15, 0.2) is 9.99 Å². The number of halogens is 1. The molecule has 0 unspecified atom stereocenters. The molecule has 0 bridgehead atoms. The van der Waals surface area contributed by atoms with Crippen LogP contribution in [0.25, 0.3) is 5.83 Å². The van der Waals surface area contributed by atoms with E-state index in [1.54, 1.807) is 13.8 Å². The van der Waals surface area contributed by atoms with Gasteiger partial charge in [0.1, 0.15) is 0 Å². The first-order valence-electron chi connectivity index (χ1n) is 3.81. The van der Waals surface area contributed by atoms with E-state index in [0.29, 0.717) is 17.9 Å². The lowest BCUT2D eigenvalue weighted by Crippen LogP contribution is -1.80. The fourth-order valence-corrected chi connectivity index (χ4v) is 0.699. The molecule has 0 saturated heterocycles. The van der Waals surface area contributed by atoms with Crippen LogP contribution in [-0.4, -0.2) is 10.2 Å². The van der Waals surface area contributed by atoms with Gasteiger partial charge in [0.05, 0.1) is 0 Å². The number of rotatable bonds is 2. The SMILES string of the molecule is CCc1nnc(C(F)=C(C)C)o1. The van der Waals surface area contributed by atoms with Crippen molar-refractivity contribution in [2.75, 3.05) is 0 Å². The summed E-state index contributed by atoms with van der Waals surface area (Å²) in [6.07, 6.45) is 0.628. The maximum absolute atomic E-state index is 13.1. The van der Waals surface area contributed by atoms with Crippen molar-refractivity contribution in [2.45, 2.75) is 27.2 Å². The van der Waals surface area contributed by atoms with Crippen LogP contribution < -0.4 is 0 Å². The van der Waals surface area contributed by atoms with Crippen molar-refractivity contribution in [1.29, 1.82) is 0 Å². The highest BCUT2D eigenvalue weighted by molar-refractivity contribution is 5.52. The number of aromatic nitrogens is 2. The summed E-state index contributed by atoms with van der Waals surface area (Å²) in [5, 5.41) is 7.21. The molecule has 0 fully saturated rings. The molecule has 0 saturated carbocycles. The van der Waals surface area contributed by atoms with Gasteiger partial charge in [0.15, 0.2) is 5.83 Å². The summed E-state index contributed by atoms with van der Waals surface area (Å²) in [5.41, 5.74) is 0.543. The molecular formula is C8H11FN2O. The Bertz CT molecular complexity index is 300. The van der Waals surface area contributed by atoms with Gasteiger partial charge in [-0.1, -0.05) is 6.92 Å². The summed E-state index contributed by atoms with van der Waals surface area (Å²) in [6, 6.07) is 0. The summed E-state index contributed by atoms with van der Waals surface area (Å²) in [5.74, 6) is 0.00968. The molecule has 0 N–H and O–H groups in total. The summed E-state index contributed by atoms with van der Waals surface area (Å²) >= 11 is 0. The number of nitrogens with zero attached hydrogens (tertiary/aromatic N) is 2. The average Bonchev–Trinajstić information content (AvgIpc) is 2.50. The van der Waals surface area contributed by atoms with Crippen molar-refractivity contribution in [3.05, 3.63) is 17.4 Å². The van der Waals surface area contributed by atoms with Crippen LogP contribution in [0, 0.1) is 0 Å². The number of hydrogen-bond donors (Lipinski definition) is 0. The van der Waals surface area contributed by atoms with E-state index in [-0.39, 0.29) is 5.89 Å². The topological polar surface area (TPSA) is 38.9 Å². The van der Waals surface area contributed by atoms with Crippen molar-refractivity contribution in [3.63, 3.8) is 0 Å². The minimum Gasteiger partial charge on any atom is -0.419 e. The van der Waals surface area contributed by atoms with E-state index in [9.17, 15) is 4.39 Å². The molecule has 0 aliphatic rings. The second kappa shape index (κ2) is 3.47. The van der Waals surface area contributed by atoms with Crippen molar-refractivity contribution < 1.29 is 8.81 Å². The van der Waals surface area contributed by atoms with Gasteiger partial charge in [0.25, 0.3) is 5.89 Å². The molecule has 12 heavy (non-hydrogen) atoms. The largest absolute Gasteiger partial charge is 0.419 e. The van der Waals surface area contributed by atoms with E-state index in [1.165, 1.54) is 0 Å². The van der Waals surface area contributed by atoms with E-state index >= 15 is 0 Å². The molecule has 66 valence electrons. The Morgan fingerprint density at radius 2 is 2.08 bits per heavy atom. The summed E-state index contributed by atoms with van der Waals surface area (Å²) < 4.78 is 18.1. The molecule has 3 nitrogen and oxygen atoms in total. The van der Waals surface area contributed by atoms with Gasteiger partial charge in [-0.2, -0.15) is 0 Å². The number of aryl methyl sites for hydroxylation is 1. The summed E-state index contributed by atoms with van der Waals surface area (Å²) in [4.78, 5) is 0. The minimum atomic E-state index is -0.429. The lowest BCUT2D eigenvalue weighted by Gasteiger charge is -1.90. The quantitative estimate of drug-likeness (QED) is 0.683. The zero-order valence-corrected chi connectivity index (χ0v) is 7.39. The van der Waals surface area contributed by atoms with Gasteiger partial charge >= 0.3 is 0 Å². The summed E-state index contributed by atoms with van der Waals surface area (Å²) in [7, 11) is 0. The normalized spacial score (nSPS) is 10.0. The van der Waals surface area contributed by atoms with E-state index in [1.807, 2.05) is 6.92 Å². The third kappa shape index (κ3) is 1.69. The predicted octanol–water partition coefficient (Wildman–Crippen LogP) is 2.35. The highest BCUT2D eigenvalue weighted by atomic mass is 19.1. The molecule has 0 spiro atoms. The van der Waals surface area contributed by atoms with Gasteiger partial charge in [0.2, 0.25) is 5.89 Å². The molecule has 4 heteroatoms. The molecule has 1 rings (SSSR count). The first kappa shape index (κ1) is 8.90. The Morgan fingerprint density at radius 3 is 2.50 bits per heavy atom. The van der Waals surface area contributed by atoms with Crippen LogP contribution in [0.3, 0.4) is 0 Å². The average molecular weight is 170 g/mol. The highest BCUT2D eigenvalue weighted by Crippen LogP contribution is 2.18. The molecule has 0 aromatic carbocycles. The van der Waals surface area contributed by atoms with Crippen LogP contribution in [-0.2, 0) is 6.42 Å². The van der Waals surface area contributed by atoms with Gasteiger partial charge in [0, 0.05) is 6.42 Å². The van der Waals surface area contributed by atoms with Gasteiger partial charge in [-0.3, -0.25) is 0 Å². The summed E-state index contributed by atoms with van der Waals surface area (Å²) in [6.45, 7) is 5.19. The first-order valence-corrected chi connectivity index (χ1v) is 3.81. The van der Waals surface area contributed by atoms with E-state index < -0.39 is 5.83 Å². The van der Waals surface area contributed by atoms with E-state index in [4.69, 9.17) is 4.42 Å². The smallest absolute Gasteiger partial charge is 0.276 e. The molecule has 0 atom stereocenters. The van der Waals surface area contributed by atoms with Gasteiger partial charge < -0.3 is 4.42 Å². The van der Waals surface area contributed by atoms with Crippen LogP contribution in [0.4, 0.5) is 4.39 Å². The minimum absolute atomic E-state index is 0.0214. The Labute approximate surface area is 70.3 Å². The molecular weight excluding hydrogens is 159 g/mol. The molecule has 0 aliphatic carbocycles. The van der Waals surface area contributed by atoms with E-state index in [0.717, 1.165) is 0 Å². The third-order valence-corrected chi connectivity index (χ3v) is 1.40. The molecule has 0 aliphatic heterocycles. The number of allylic oxidation sites excluding steroid dienone is 1. The second-order valence-corrected chi connectivity index (χ2v) is 2.67. The lowest BCUT2D eigenvalue weighted by atomic mass is 10.3. The highest BCUT2D eigenvalue weighted by Gasteiger charge is 2.10. The Balaban J connectivity index is 2.97. The fourth-order valence-electron chi connectivity index (χ4n) is 0.699. The first-order chi connectivity index (χ1) is 5.65. The second-order valence-electron chi connectivity index (χ2n) is 2.67. The predicted molar refractivity (Wildman–Crippen MR) is 43.1 cm³/mol. The zero-order chi connectivity index (χ0) is 9.14. The standard InChI is InChI=1S/C8H11FN2O/c1-4-6-10-11-8(12-6)7(9)5(2)3/h4H2,1-3H3. The van der Waals surface area contributed by atoms with Gasteiger partial charge in [-0.15, -0.1) is 10.2 Å². The maximum Gasteiger partial charge on any atom is 0.276 e. The molecule has 0 radical (unpaired) electrons. The van der Waals surface area contributed by atoms with Crippen molar-refractivity contribution in [1.82, 2.24) is 10.2 Å². The van der Waals surface area contributed by atoms with Gasteiger partial charge in [-0.05, 0) is 19.4 Å². The molecule has 1 heterocycles. The van der Waals surface area contributed by atoms with Crippen molar-refractivity contribution in [3.8, 4) is 0 Å². The Kier molecular flexibility index (Phi) is 2.58. The van der Waals surface area contributed by atoms with Crippen molar-refractivity contribution >= 4 is 5.83 Å². The lowest BCUT2D eigenvalue weighted by molar-refractivity contribution is 0.473. The maximum atomic E-state index is 13.1. The molecule has 1 aromatic heterocycles. The van der Waals surface area contributed by atoms with E-state index in [2.05, 4.69) is 10.2 Å². The van der Waals surface area contributed by atoms with Crippen LogP contribution in [0.1, 0.15) is 32.6 Å². The van der Waals surface area contributed by atoms with Crippen molar-refractivity contribution in [2.24, 2.45) is 0 Å². The fraction of sp³-hybridized carbons (Fsp3) is 0.500. The van der Waals surface area contributed by atoms with Gasteiger partial charge in [-0.25, -0.2) is 4.39 Å². The number of hydrogen-bond acceptors (Lipinski definition) is 3. The molecule has 1 aromatic rings. The zero-order valence-electron chi connectivity index (χ0n) is 7.39. The van der Waals surface area contributed by atoms with Crippen LogP contribution >= 0.6 is 0 Å². The Morgan fingerprint density at radius 1 is 1.42 bits per heavy atom. The monoisotopic (exact) mass is 170 g/mol. The molecule has 0 amide bonds. The third-order valence-electron chi connectivity index (χ3n) is 1.40. The van der Waals surface area contributed by atoms with Crippen LogP contribution in [0.2, 0.25) is 0 Å².